The van der Waals surface area contributed by atoms with Crippen LogP contribution in [0.5, 0.6) is 0 Å². The second-order valence-corrected chi connectivity index (χ2v) is 6.72. The lowest BCUT2D eigenvalue weighted by Crippen LogP contribution is -1.96. The third-order valence-corrected chi connectivity index (χ3v) is 4.82. The van der Waals surface area contributed by atoms with Crippen LogP contribution in [-0.4, -0.2) is 8.42 Å². The second kappa shape index (κ2) is 4.74. The molecule has 2 aromatic rings. The van der Waals surface area contributed by atoms with Gasteiger partial charge in [-0.2, -0.15) is 0 Å². The predicted octanol–water partition coefficient (Wildman–Crippen LogP) is 2.98. The number of aryl methyl sites for hydroxylation is 1. The van der Waals surface area contributed by atoms with Gasteiger partial charge in [0.15, 0.2) is 16.0 Å². The number of thiophene rings is 1. The summed E-state index contributed by atoms with van der Waals surface area (Å²) in [6.45, 7) is 1.91. The summed E-state index contributed by atoms with van der Waals surface area (Å²) < 4.78 is 23.8. The molecule has 0 saturated heterocycles. The van der Waals surface area contributed by atoms with Crippen molar-refractivity contribution in [1.82, 2.24) is 0 Å². The van der Waals surface area contributed by atoms with E-state index in [0.717, 1.165) is 5.56 Å². The van der Waals surface area contributed by atoms with Gasteiger partial charge in [-0.05, 0) is 31.2 Å². The highest BCUT2D eigenvalue weighted by molar-refractivity contribution is 7.96. The summed E-state index contributed by atoms with van der Waals surface area (Å²) in [4.78, 5) is 0.256. The monoisotopic (exact) mass is 263 g/mol. The molecule has 0 fully saturated rings. The molecule has 0 aliphatic rings. The minimum absolute atomic E-state index is 0.256. The first-order valence-electron chi connectivity index (χ1n) is 4.99. The van der Waals surface area contributed by atoms with Crippen LogP contribution >= 0.6 is 10.5 Å². The minimum atomic E-state index is -3.49. The molecule has 0 amide bonds. The van der Waals surface area contributed by atoms with Gasteiger partial charge in [-0.1, -0.05) is 17.7 Å². The van der Waals surface area contributed by atoms with Gasteiger partial charge in [0.2, 0.25) is 9.84 Å². The molecule has 0 N–H and O–H groups in total. The van der Waals surface area contributed by atoms with E-state index in [0.29, 0.717) is 0 Å². The lowest BCUT2D eigenvalue weighted by atomic mass is 10.2. The van der Waals surface area contributed by atoms with Crippen LogP contribution in [0.1, 0.15) is 5.56 Å². The molecular weight excluding hydrogens is 252 g/mol. The van der Waals surface area contributed by atoms with Crippen LogP contribution in [-0.2, 0) is 9.84 Å². The molecule has 0 bridgehead atoms. The van der Waals surface area contributed by atoms with E-state index in [1.54, 1.807) is 24.3 Å². The van der Waals surface area contributed by atoms with Gasteiger partial charge >= 0.3 is 0 Å². The molecule has 0 spiro atoms. The van der Waals surface area contributed by atoms with Crippen LogP contribution in [0.25, 0.3) is 0 Å². The van der Waals surface area contributed by atoms with Gasteiger partial charge in [-0.3, -0.25) is 0 Å². The third kappa shape index (κ3) is 2.96. The zero-order chi connectivity index (χ0) is 12.3. The van der Waals surface area contributed by atoms with Crippen molar-refractivity contribution >= 4 is 20.3 Å². The number of rotatable bonds is 1. The molecule has 0 unspecified atom stereocenters. The quantitative estimate of drug-likeness (QED) is 0.585. The van der Waals surface area contributed by atoms with Gasteiger partial charge in [-0.25, -0.2) is 8.42 Å². The average molecular weight is 263 g/mol. The van der Waals surface area contributed by atoms with Gasteiger partial charge in [0.1, 0.15) is 0 Å². The van der Waals surface area contributed by atoms with E-state index < -0.39 is 9.84 Å². The Morgan fingerprint density at radius 2 is 1.65 bits per heavy atom. The first-order chi connectivity index (χ1) is 8.08. The normalized spacial score (nSPS) is 10.6. The SMILES string of the molecule is Cc1ccc(S(=O)(=O)C#C[s+]2cccc2)cc1. The van der Waals surface area contributed by atoms with Crippen molar-refractivity contribution in [3.05, 3.63) is 52.7 Å². The van der Waals surface area contributed by atoms with Crippen molar-refractivity contribution in [2.45, 2.75) is 11.8 Å². The van der Waals surface area contributed by atoms with Gasteiger partial charge in [0.25, 0.3) is 0 Å². The maximum Gasteiger partial charge on any atom is 0.250 e. The third-order valence-electron chi connectivity index (χ3n) is 2.19. The van der Waals surface area contributed by atoms with Gasteiger partial charge in [0, 0.05) is 0 Å². The van der Waals surface area contributed by atoms with Crippen LogP contribution in [0.3, 0.4) is 0 Å². The zero-order valence-corrected chi connectivity index (χ0v) is 10.9. The lowest BCUT2D eigenvalue weighted by molar-refractivity contribution is 0.606. The summed E-state index contributed by atoms with van der Waals surface area (Å²) in [5, 5.41) is 8.89. The molecular formula is C13H11O2S2+. The molecule has 17 heavy (non-hydrogen) atoms. The Morgan fingerprint density at radius 1 is 1.06 bits per heavy atom. The Labute approximate surface area is 104 Å². The molecule has 2 rings (SSSR count). The van der Waals surface area contributed by atoms with Crippen LogP contribution in [0, 0.1) is 17.4 Å². The van der Waals surface area contributed by atoms with E-state index in [-0.39, 0.29) is 15.4 Å². The highest BCUT2D eigenvalue weighted by atomic mass is 32.2. The number of benzene rings is 1. The topological polar surface area (TPSA) is 34.1 Å². The van der Waals surface area contributed by atoms with Crippen molar-refractivity contribution in [2.24, 2.45) is 0 Å². The summed E-state index contributed by atoms with van der Waals surface area (Å²) >= 11 is 0. The van der Waals surface area contributed by atoms with E-state index >= 15 is 0 Å². The summed E-state index contributed by atoms with van der Waals surface area (Å²) in [6.07, 6.45) is 0. The van der Waals surface area contributed by atoms with E-state index in [2.05, 4.69) is 10.5 Å². The smallest absolute Gasteiger partial charge is 0.210 e. The Bertz CT molecular complexity index is 654. The van der Waals surface area contributed by atoms with Crippen LogP contribution in [0.15, 0.2) is 52.1 Å². The highest BCUT2D eigenvalue weighted by Gasteiger charge is 2.11. The summed E-state index contributed by atoms with van der Waals surface area (Å²) in [6, 6.07) is 10.5. The molecule has 2 nitrogen and oxygen atoms in total. The summed E-state index contributed by atoms with van der Waals surface area (Å²) in [7, 11) is -3.84. The molecule has 0 saturated carbocycles. The first-order valence-corrected chi connectivity index (χ1v) is 7.82. The zero-order valence-electron chi connectivity index (χ0n) is 9.25. The average Bonchev–Trinajstić information content (AvgIpc) is 2.80. The molecule has 1 aromatic carbocycles. The van der Waals surface area contributed by atoms with Crippen LogP contribution < -0.4 is 0 Å². The Morgan fingerprint density at radius 3 is 2.24 bits per heavy atom. The highest BCUT2D eigenvalue weighted by Crippen LogP contribution is 2.16. The molecule has 4 heteroatoms. The first kappa shape index (κ1) is 11.9. The minimum Gasteiger partial charge on any atom is -0.210 e. The Kier molecular flexibility index (Phi) is 3.32. The molecule has 0 aliphatic carbocycles. The fraction of sp³-hybridized carbons (Fsp3) is 0.0769. The van der Waals surface area contributed by atoms with E-state index in [1.807, 2.05) is 29.8 Å². The van der Waals surface area contributed by atoms with Crippen molar-refractivity contribution in [2.75, 3.05) is 0 Å². The molecule has 86 valence electrons. The molecule has 0 atom stereocenters. The standard InChI is InChI=1S/C13H11O2S2/c1-12-4-6-13(7-5-12)17(14,15)11-10-16-8-2-3-9-16/h2-9H,1H3/q+1. The molecule has 0 aliphatic heterocycles. The lowest BCUT2D eigenvalue weighted by Gasteiger charge is -1.95. The molecule has 0 radical (unpaired) electrons. The van der Waals surface area contributed by atoms with Gasteiger partial charge < -0.3 is 0 Å². The van der Waals surface area contributed by atoms with Crippen molar-refractivity contribution in [1.29, 1.82) is 0 Å². The maximum atomic E-state index is 11.9. The van der Waals surface area contributed by atoms with E-state index in [4.69, 9.17) is 0 Å². The number of hydrogen-bond donors (Lipinski definition) is 0. The summed E-state index contributed by atoms with van der Waals surface area (Å²) in [5.41, 5.74) is 1.03. The Hall–Kier alpha value is -1.57. The van der Waals surface area contributed by atoms with E-state index in [9.17, 15) is 8.42 Å². The van der Waals surface area contributed by atoms with Crippen molar-refractivity contribution < 1.29 is 8.42 Å². The predicted molar refractivity (Wildman–Crippen MR) is 70.5 cm³/mol. The second-order valence-electron chi connectivity index (χ2n) is 3.55. The fourth-order valence-corrected chi connectivity index (χ4v) is 3.44. The summed E-state index contributed by atoms with van der Waals surface area (Å²) in [5.74, 6) is 0. The molecule has 1 aromatic heterocycles. The maximum absolute atomic E-state index is 11.9. The van der Waals surface area contributed by atoms with Crippen LogP contribution in [0.4, 0.5) is 0 Å². The number of sulfone groups is 1. The largest absolute Gasteiger partial charge is 0.250 e. The fourth-order valence-electron chi connectivity index (χ4n) is 1.25. The van der Waals surface area contributed by atoms with E-state index in [1.165, 1.54) is 0 Å². The van der Waals surface area contributed by atoms with Gasteiger partial charge in [-0.15, -0.1) is 0 Å². The molecule has 1 heterocycles. The van der Waals surface area contributed by atoms with Crippen LogP contribution in [0.2, 0.25) is 0 Å². The Balaban J connectivity index is 2.34. The van der Waals surface area contributed by atoms with Crippen molar-refractivity contribution in [3.63, 3.8) is 0 Å². The number of hydrogen-bond acceptors (Lipinski definition) is 2. The van der Waals surface area contributed by atoms with Gasteiger partial charge in [0.05, 0.1) is 20.6 Å². The van der Waals surface area contributed by atoms with Crippen molar-refractivity contribution in [3.8, 4) is 10.5 Å².